The molecule has 0 bridgehead atoms. The Labute approximate surface area is 171 Å². The molecule has 0 radical (unpaired) electrons. The van der Waals surface area contributed by atoms with Crippen LogP contribution in [0.5, 0.6) is 5.75 Å². The van der Waals surface area contributed by atoms with Crippen molar-refractivity contribution in [2.24, 2.45) is 5.92 Å². The van der Waals surface area contributed by atoms with Crippen LogP contribution in [-0.4, -0.2) is 42.6 Å². The minimum Gasteiger partial charge on any atom is -0.487 e. The first kappa shape index (κ1) is 19.3. The number of urea groups is 1. The van der Waals surface area contributed by atoms with E-state index in [1.807, 2.05) is 66.4 Å². The van der Waals surface area contributed by atoms with Gasteiger partial charge in [-0.25, -0.2) is 4.79 Å². The van der Waals surface area contributed by atoms with E-state index in [4.69, 9.17) is 4.74 Å². The van der Waals surface area contributed by atoms with Crippen LogP contribution in [-0.2, 0) is 11.3 Å². The van der Waals surface area contributed by atoms with Crippen molar-refractivity contribution in [3.8, 4) is 5.75 Å². The third kappa shape index (κ3) is 4.36. The van der Waals surface area contributed by atoms with E-state index in [-0.39, 0.29) is 24.0 Å². The first-order valence-electron chi connectivity index (χ1n) is 10.3. The van der Waals surface area contributed by atoms with E-state index in [0.717, 1.165) is 17.0 Å². The predicted octanol–water partition coefficient (Wildman–Crippen LogP) is 3.42. The van der Waals surface area contributed by atoms with Crippen molar-refractivity contribution in [1.29, 1.82) is 0 Å². The second kappa shape index (κ2) is 8.55. The summed E-state index contributed by atoms with van der Waals surface area (Å²) < 4.78 is 5.85. The summed E-state index contributed by atoms with van der Waals surface area (Å²) in [6, 6.07) is 17.6. The van der Waals surface area contributed by atoms with Gasteiger partial charge in [-0.3, -0.25) is 9.69 Å². The number of fused-ring (bicyclic) bond motifs is 1. The summed E-state index contributed by atoms with van der Waals surface area (Å²) in [5.41, 5.74) is 1.91. The second-order valence-corrected chi connectivity index (χ2v) is 7.75. The van der Waals surface area contributed by atoms with Crippen LogP contribution < -0.4 is 15.0 Å². The van der Waals surface area contributed by atoms with Gasteiger partial charge in [0.05, 0.1) is 12.2 Å². The Kier molecular flexibility index (Phi) is 5.69. The lowest BCUT2D eigenvalue weighted by molar-refractivity contribution is -0.126. The van der Waals surface area contributed by atoms with Gasteiger partial charge in [0.25, 0.3) is 0 Å². The number of nitrogens with zero attached hydrogens (tertiary/aromatic N) is 2. The van der Waals surface area contributed by atoms with E-state index in [1.165, 1.54) is 0 Å². The minimum absolute atomic E-state index is 0.00394. The van der Waals surface area contributed by atoms with E-state index < -0.39 is 0 Å². The molecule has 1 atom stereocenters. The molecule has 2 aliphatic rings. The molecule has 29 heavy (non-hydrogen) atoms. The second-order valence-electron chi connectivity index (χ2n) is 7.75. The maximum Gasteiger partial charge on any atom is 0.324 e. The fraction of sp³-hybridized carbons (Fsp3) is 0.391. The van der Waals surface area contributed by atoms with Crippen LogP contribution in [0, 0.1) is 5.92 Å². The molecule has 152 valence electrons. The third-order valence-electron chi connectivity index (χ3n) is 5.60. The number of amides is 3. The number of rotatable bonds is 3. The number of anilines is 1. The van der Waals surface area contributed by atoms with Crippen LogP contribution in [0.4, 0.5) is 10.5 Å². The molecule has 1 fully saturated rings. The molecule has 1 N–H and O–H groups in total. The van der Waals surface area contributed by atoms with Gasteiger partial charge < -0.3 is 15.0 Å². The summed E-state index contributed by atoms with van der Waals surface area (Å²) in [7, 11) is 0. The molecule has 0 spiro atoms. The molecular weight excluding hydrogens is 366 g/mol. The molecule has 0 aliphatic carbocycles. The Morgan fingerprint density at radius 1 is 1.03 bits per heavy atom. The monoisotopic (exact) mass is 393 g/mol. The molecule has 6 nitrogen and oxygen atoms in total. The molecule has 2 aromatic rings. The van der Waals surface area contributed by atoms with Crippen molar-refractivity contribution in [1.82, 2.24) is 10.2 Å². The highest BCUT2D eigenvalue weighted by molar-refractivity contribution is 5.94. The zero-order chi connectivity index (χ0) is 20.2. The Morgan fingerprint density at radius 3 is 2.48 bits per heavy atom. The van der Waals surface area contributed by atoms with Gasteiger partial charge in [-0.2, -0.15) is 0 Å². The SMILES string of the molecule is C[C@H]1CN(C(=O)N2CCC(C(=O)NCc3ccccc3)CC2)c2ccccc2O1. The summed E-state index contributed by atoms with van der Waals surface area (Å²) in [6.45, 7) is 4.24. The Balaban J connectivity index is 1.32. The number of nitrogens with one attached hydrogen (secondary N) is 1. The van der Waals surface area contributed by atoms with Gasteiger partial charge in [-0.05, 0) is 37.5 Å². The molecule has 0 aromatic heterocycles. The van der Waals surface area contributed by atoms with Gasteiger partial charge in [-0.15, -0.1) is 0 Å². The van der Waals surface area contributed by atoms with Gasteiger partial charge in [0.1, 0.15) is 11.9 Å². The summed E-state index contributed by atoms with van der Waals surface area (Å²) in [5.74, 6) is 0.778. The number of likely N-dealkylation sites (tertiary alicyclic amines) is 1. The number of hydrogen-bond acceptors (Lipinski definition) is 3. The average molecular weight is 393 g/mol. The van der Waals surface area contributed by atoms with Crippen molar-refractivity contribution >= 4 is 17.6 Å². The average Bonchev–Trinajstić information content (AvgIpc) is 2.77. The largest absolute Gasteiger partial charge is 0.487 e. The molecule has 3 amide bonds. The lowest BCUT2D eigenvalue weighted by Crippen LogP contribution is -2.52. The molecule has 0 unspecified atom stereocenters. The van der Waals surface area contributed by atoms with Crippen LogP contribution in [0.2, 0.25) is 0 Å². The fourth-order valence-corrected chi connectivity index (χ4v) is 4.00. The van der Waals surface area contributed by atoms with Crippen LogP contribution in [0.25, 0.3) is 0 Å². The van der Waals surface area contributed by atoms with Gasteiger partial charge in [0.15, 0.2) is 0 Å². The molecule has 2 heterocycles. The Hall–Kier alpha value is -3.02. The number of ether oxygens (including phenoxy) is 1. The molecule has 1 saturated heterocycles. The van der Waals surface area contributed by atoms with Gasteiger partial charge in [0, 0.05) is 25.6 Å². The van der Waals surface area contributed by atoms with Gasteiger partial charge in [0.2, 0.25) is 5.91 Å². The van der Waals surface area contributed by atoms with Crippen LogP contribution >= 0.6 is 0 Å². The Bertz CT molecular complexity index is 863. The van der Waals surface area contributed by atoms with Crippen LogP contribution in [0.3, 0.4) is 0 Å². The summed E-state index contributed by atoms with van der Waals surface area (Å²) in [4.78, 5) is 29.3. The summed E-state index contributed by atoms with van der Waals surface area (Å²) in [5, 5.41) is 3.03. The predicted molar refractivity (Wildman–Crippen MR) is 112 cm³/mol. The first-order valence-corrected chi connectivity index (χ1v) is 10.3. The topological polar surface area (TPSA) is 61.9 Å². The Morgan fingerprint density at radius 2 is 1.72 bits per heavy atom. The molecule has 2 aliphatic heterocycles. The highest BCUT2D eigenvalue weighted by atomic mass is 16.5. The molecule has 4 rings (SSSR count). The maximum atomic E-state index is 13.1. The van der Waals surface area contributed by atoms with Gasteiger partial charge in [-0.1, -0.05) is 42.5 Å². The van der Waals surface area contributed by atoms with Crippen LogP contribution in [0.1, 0.15) is 25.3 Å². The van der Waals surface area contributed by atoms with Gasteiger partial charge >= 0.3 is 6.03 Å². The lowest BCUT2D eigenvalue weighted by Gasteiger charge is -2.39. The lowest BCUT2D eigenvalue weighted by atomic mass is 9.96. The molecular formula is C23H27N3O3. The number of carbonyl (C=O) groups excluding carboxylic acids is 2. The summed E-state index contributed by atoms with van der Waals surface area (Å²) in [6.07, 6.45) is 1.33. The molecule has 6 heteroatoms. The highest BCUT2D eigenvalue weighted by Gasteiger charge is 2.33. The zero-order valence-corrected chi connectivity index (χ0v) is 16.7. The van der Waals surface area contributed by atoms with E-state index in [1.54, 1.807) is 4.90 Å². The van der Waals surface area contributed by atoms with E-state index in [0.29, 0.717) is 39.0 Å². The number of carbonyl (C=O) groups is 2. The molecule has 0 saturated carbocycles. The van der Waals surface area contributed by atoms with Crippen molar-refractivity contribution in [3.05, 3.63) is 60.2 Å². The highest BCUT2D eigenvalue weighted by Crippen LogP contribution is 2.34. The van der Waals surface area contributed by atoms with Crippen molar-refractivity contribution in [3.63, 3.8) is 0 Å². The maximum absolute atomic E-state index is 13.1. The van der Waals surface area contributed by atoms with E-state index in [2.05, 4.69) is 5.32 Å². The van der Waals surface area contributed by atoms with E-state index >= 15 is 0 Å². The van der Waals surface area contributed by atoms with Crippen molar-refractivity contribution in [2.75, 3.05) is 24.5 Å². The number of piperidine rings is 1. The fourth-order valence-electron chi connectivity index (χ4n) is 4.00. The van der Waals surface area contributed by atoms with E-state index in [9.17, 15) is 9.59 Å². The zero-order valence-electron chi connectivity index (χ0n) is 16.7. The van der Waals surface area contributed by atoms with Crippen molar-refractivity contribution < 1.29 is 14.3 Å². The number of benzene rings is 2. The first-order chi connectivity index (χ1) is 14.1. The van der Waals surface area contributed by atoms with Crippen molar-refractivity contribution in [2.45, 2.75) is 32.4 Å². The number of para-hydroxylation sites is 2. The summed E-state index contributed by atoms with van der Waals surface area (Å²) >= 11 is 0. The smallest absolute Gasteiger partial charge is 0.324 e. The molecule has 2 aromatic carbocycles. The normalized spacial score (nSPS) is 19.3. The third-order valence-corrected chi connectivity index (χ3v) is 5.60. The minimum atomic E-state index is -0.0462. The van der Waals surface area contributed by atoms with Crippen LogP contribution in [0.15, 0.2) is 54.6 Å². The quantitative estimate of drug-likeness (QED) is 0.869. The number of hydrogen-bond donors (Lipinski definition) is 1. The standard InChI is InChI=1S/C23H27N3O3/c1-17-16-26(20-9-5-6-10-21(20)29-17)23(28)25-13-11-19(12-14-25)22(27)24-15-18-7-3-2-4-8-18/h2-10,17,19H,11-16H2,1H3,(H,24,27)/t17-/m0/s1.